The highest BCUT2D eigenvalue weighted by Crippen LogP contribution is 2.29. The second kappa shape index (κ2) is 6.89. The minimum Gasteiger partial charge on any atom is -0.345 e. The van der Waals surface area contributed by atoms with Gasteiger partial charge in [-0.15, -0.1) is 11.3 Å². The summed E-state index contributed by atoms with van der Waals surface area (Å²) in [4.78, 5) is 20.4. The second-order valence-corrected chi connectivity index (χ2v) is 7.15. The van der Waals surface area contributed by atoms with Gasteiger partial charge in [-0.1, -0.05) is 40.9 Å². The quantitative estimate of drug-likeness (QED) is 0.453. The van der Waals surface area contributed by atoms with E-state index < -0.39 is 0 Å². The number of carbonyl (C=O) groups is 1. The SMILES string of the molecule is O=C(/C(=C/c1ccc(Cl)cc1Cl)c1ncc[nH]1)c1ccc(Cl)s1. The Hall–Kier alpha value is -1.59. The Labute approximate surface area is 151 Å². The number of ketones is 1. The van der Waals surface area contributed by atoms with Crippen molar-refractivity contribution in [1.29, 1.82) is 0 Å². The molecule has 0 fully saturated rings. The molecule has 0 aliphatic heterocycles. The Morgan fingerprint density at radius 1 is 1.17 bits per heavy atom. The number of benzene rings is 1. The van der Waals surface area contributed by atoms with Crippen LogP contribution in [0.2, 0.25) is 14.4 Å². The van der Waals surface area contributed by atoms with Crippen LogP contribution in [-0.2, 0) is 0 Å². The third-order valence-electron chi connectivity index (χ3n) is 3.06. The fourth-order valence-corrected chi connectivity index (χ4v) is 3.46. The van der Waals surface area contributed by atoms with Crippen LogP contribution in [0.3, 0.4) is 0 Å². The first kappa shape index (κ1) is 16.3. The summed E-state index contributed by atoms with van der Waals surface area (Å²) in [6.07, 6.45) is 4.93. The summed E-state index contributed by atoms with van der Waals surface area (Å²) in [6.45, 7) is 0. The molecular formula is C16H9Cl3N2OS. The van der Waals surface area contributed by atoms with Crippen molar-refractivity contribution in [2.75, 3.05) is 0 Å². The lowest BCUT2D eigenvalue weighted by Gasteiger charge is -2.05. The predicted molar refractivity (Wildman–Crippen MR) is 96.6 cm³/mol. The van der Waals surface area contributed by atoms with E-state index >= 15 is 0 Å². The normalized spacial score (nSPS) is 11.7. The molecule has 0 saturated heterocycles. The number of imidazole rings is 1. The summed E-state index contributed by atoms with van der Waals surface area (Å²) in [7, 11) is 0. The monoisotopic (exact) mass is 382 g/mol. The summed E-state index contributed by atoms with van der Waals surface area (Å²) >= 11 is 19.3. The fourth-order valence-electron chi connectivity index (χ4n) is 2.00. The van der Waals surface area contributed by atoms with Gasteiger partial charge in [0.25, 0.3) is 0 Å². The number of nitrogens with one attached hydrogen (secondary N) is 1. The molecule has 0 saturated carbocycles. The number of nitrogens with zero attached hydrogens (tertiary/aromatic N) is 1. The van der Waals surface area contributed by atoms with Gasteiger partial charge in [0.15, 0.2) is 0 Å². The minimum atomic E-state index is -0.178. The van der Waals surface area contributed by atoms with Gasteiger partial charge >= 0.3 is 0 Å². The van der Waals surface area contributed by atoms with Crippen LogP contribution >= 0.6 is 46.1 Å². The van der Waals surface area contributed by atoms with Crippen LogP contribution in [0, 0.1) is 0 Å². The molecule has 0 spiro atoms. The first-order valence-corrected chi connectivity index (χ1v) is 8.46. The molecule has 1 aromatic carbocycles. The number of thiophene rings is 1. The molecule has 3 rings (SSSR count). The van der Waals surface area contributed by atoms with Gasteiger partial charge in [0, 0.05) is 22.4 Å². The first-order chi connectivity index (χ1) is 11.0. The third kappa shape index (κ3) is 3.67. The number of rotatable bonds is 4. The van der Waals surface area contributed by atoms with Gasteiger partial charge in [0.2, 0.25) is 5.78 Å². The van der Waals surface area contributed by atoms with Crippen LogP contribution in [0.5, 0.6) is 0 Å². The molecule has 0 amide bonds. The van der Waals surface area contributed by atoms with E-state index in [0.717, 1.165) is 0 Å². The number of hydrogen-bond acceptors (Lipinski definition) is 3. The summed E-state index contributed by atoms with van der Waals surface area (Å²) in [5.41, 5.74) is 1.08. The Kier molecular flexibility index (Phi) is 4.87. The van der Waals surface area contributed by atoms with Crippen LogP contribution in [0.1, 0.15) is 21.1 Å². The molecule has 2 aromatic heterocycles. The molecule has 0 aliphatic carbocycles. The molecule has 0 aliphatic rings. The lowest BCUT2D eigenvalue weighted by atomic mass is 10.1. The average Bonchev–Trinajstić information content (AvgIpc) is 3.17. The molecule has 7 heteroatoms. The largest absolute Gasteiger partial charge is 0.345 e. The number of carbonyl (C=O) groups excluding carboxylic acids is 1. The molecule has 0 radical (unpaired) electrons. The number of halogens is 3. The molecule has 3 nitrogen and oxygen atoms in total. The Balaban J connectivity index is 2.09. The number of allylic oxidation sites excluding steroid dienone is 1. The van der Waals surface area contributed by atoms with E-state index in [1.807, 2.05) is 0 Å². The number of H-pyrrole nitrogens is 1. The van der Waals surface area contributed by atoms with Gasteiger partial charge in [-0.25, -0.2) is 4.98 Å². The minimum absolute atomic E-state index is 0.178. The number of Topliss-reactive ketones (excluding diaryl/α,β-unsaturated/α-hetero) is 1. The Morgan fingerprint density at radius 2 is 2.00 bits per heavy atom. The van der Waals surface area contributed by atoms with Crippen LogP contribution in [-0.4, -0.2) is 15.8 Å². The zero-order valence-corrected chi connectivity index (χ0v) is 14.6. The van der Waals surface area contributed by atoms with E-state index in [1.54, 1.807) is 48.8 Å². The summed E-state index contributed by atoms with van der Waals surface area (Å²) in [5.74, 6) is 0.286. The zero-order chi connectivity index (χ0) is 16.4. The molecule has 116 valence electrons. The van der Waals surface area contributed by atoms with Gasteiger partial charge in [-0.3, -0.25) is 4.79 Å². The van der Waals surface area contributed by atoms with Gasteiger partial charge < -0.3 is 4.98 Å². The van der Waals surface area contributed by atoms with Gasteiger partial charge in [0.1, 0.15) is 5.82 Å². The predicted octanol–water partition coefficient (Wildman–Crippen LogP) is 5.85. The van der Waals surface area contributed by atoms with Crippen molar-refractivity contribution in [1.82, 2.24) is 9.97 Å². The lowest BCUT2D eigenvalue weighted by Crippen LogP contribution is -2.02. The van der Waals surface area contributed by atoms with Crippen molar-refractivity contribution < 1.29 is 4.79 Å². The van der Waals surface area contributed by atoms with Crippen molar-refractivity contribution in [3.8, 4) is 0 Å². The molecular weight excluding hydrogens is 375 g/mol. The number of hydrogen-bond donors (Lipinski definition) is 1. The molecule has 2 heterocycles. The maximum absolute atomic E-state index is 12.8. The van der Waals surface area contributed by atoms with Crippen LogP contribution in [0.25, 0.3) is 11.6 Å². The standard InChI is InChI=1S/C16H9Cl3N2OS/c17-10-2-1-9(12(18)8-10)7-11(16-20-5-6-21-16)15(22)13-3-4-14(19)23-13/h1-8H,(H,20,21)/b11-7-. The smallest absolute Gasteiger partial charge is 0.206 e. The molecule has 1 N–H and O–H groups in total. The van der Waals surface area contributed by atoms with Crippen LogP contribution in [0.4, 0.5) is 0 Å². The fraction of sp³-hybridized carbons (Fsp3) is 0. The van der Waals surface area contributed by atoms with E-state index in [2.05, 4.69) is 9.97 Å². The maximum Gasteiger partial charge on any atom is 0.206 e. The molecule has 3 aromatic rings. The summed E-state index contributed by atoms with van der Waals surface area (Å²) in [6, 6.07) is 8.47. The van der Waals surface area contributed by atoms with E-state index in [-0.39, 0.29) is 5.78 Å². The van der Waals surface area contributed by atoms with Gasteiger partial charge in [0.05, 0.1) is 14.8 Å². The van der Waals surface area contributed by atoms with Crippen LogP contribution in [0.15, 0.2) is 42.7 Å². The highest BCUT2D eigenvalue weighted by molar-refractivity contribution is 7.18. The Morgan fingerprint density at radius 3 is 2.61 bits per heavy atom. The van der Waals surface area contributed by atoms with Gasteiger partial charge in [-0.2, -0.15) is 0 Å². The maximum atomic E-state index is 12.8. The van der Waals surface area contributed by atoms with Crippen molar-refractivity contribution in [2.24, 2.45) is 0 Å². The molecule has 23 heavy (non-hydrogen) atoms. The van der Waals surface area contributed by atoms with Crippen molar-refractivity contribution in [3.63, 3.8) is 0 Å². The van der Waals surface area contributed by atoms with E-state index in [1.165, 1.54) is 11.3 Å². The average molecular weight is 384 g/mol. The highest BCUT2D eigenvalue weighted by atomic mass is 35.5. The van der Waals surface area contributed by atoms with E-state index in [9.17, 15) is 4.79 Å². The lowest BCUT2D eigenvalue weighted by molar-refractivity contribution is 0.106. The Bertz CT molecular complexity index is 885. The molecule has 0 unspecified atom stereocenters. The number of aromatic nitrogens is 2. The van der Waals surface area contributed by atoms with Crippen molar-refractivity contribution >= 4 is 63.6 Å². The highest BCUT2D eigenvalue weighted by Gasteiger charge is 2.19. The van der Waals surface area contributed by atoms with Gasteiger partial charge in [-0.05, 0) is 35.9 Å². The van der Waals surface area contributed by atoms with Crippen LogP contribution < -0.4 is 0 Å². The number of aromatic amines is 1. The van der Waals surface area contributed by atoms with Crippen molar-refractivity contribution in [2.45, 2.75) is 0 Å². The van der Waals surface area contributed by atoms with E-state index in [0.29, 0.717) is 36.2 Å². The van der Waals surface area contributed by atoms with Crippen molar-refractivity contribution in [3.05, 3.63) is 73.4 Å². The second-order valence-electron chi connectivity index (χ2n) is 4.59. The molecule has 0 atom stereocenters. The summed E-state index contributed by atoms with van der Waals surface area (Å²) in [5, 5.41) is 0.988. The zero-order valence-electron chi connectivity index (χ0n) is 11.5. The topological polar surface area (TPSA) is 45.8 Å². The first-order valence-electron chi connectivity index (χ1n) is 6.51. The van der Waals surface area contributed by atoms with E-state index in [4.69, 9.17) is 34.8 Å². The molecule has 0 bridgehead atoms. The third-order valence-corrected chi connectivity index (χ3v) is 4.85. The summed E-state index contributed by atoms with van der Waals surface area (Å²) < 4.78 is 0.552.